The van der Waals surface area contributed by atoms with Crippen LogP contribution >= 0.6 is 0 Å². The molecule has 2 aliphatic carbocycles. The molecule has 11 aromatic rings. The van der Waals surface area contributed by atoms with Crippen molar-refractivity contribution in [2.24, 2.45) is 0 Å². The predicted octanol–water partition coefficient (Wildman–Crippen LogP) is 15.9. The standard InChI is InChI=1S/C61H40N2/c1-3-16-41(17-4-1)42-30-33-46(34-31-42)63-59-29-14-10-25-53(59)54-36-32-44(39-60(54)63)43-18-15-21-47(38-43)62(45-19-5-2-6-20-45)48-35-37-52-51-24-9-13-28-57(51)61(58(52)40-48)55-26-11-7-22-49(55)50-23-8-12-27-56(50)61/h1-40H. The van der Waals surface area contributed by atoms with Crippen LogP contribution in [0.25, 0.3) is 72.0 Å². The van der Waals surface area contributed by atoms with Crippen LogP contribution in [-0.2, 0) is 5.41 Å². The highest BCUT2D eigenvalue weighted by molar-refractivity contribution is 6.10. The second-order valence-electron chi connectivity index (χ2n) is 16.8. The number of hydrogen-bond acceptors (Lipinski definition) is 1. The molecule has 0 N–H and O–H groups in total. The van der Waals surface area contributed by atoms with Crippen LogP contribution in [0.5, 0.6) is 0 Å². The van der Waals surface area contributed by atoms with E-state index in [1.54, 1.807) is 0 Å². The van der Waals surface area contributed by atoms with E-state index in [0.717, 1.165) is 28.3 Å². The topological polar surface area (TPSA) is 8.17 Å². The number of para-hydroxylation sites is 2. The van der Waals surface area contributed by atoms with E-state index in [-0.39, 0.29) is 0 Å². The summed E-state index contributed by atoms with van der Waals surface area (Å²) in [7, 11) is 0. The number of fused-ring (bicyclic) bond motifs is 13. The van der Waals surface area contributed by atoms with E-state index in [2.05, 4.69) is 252 Å². The third kappa shape index (κ3) is 5.25. The predicted molar refractivity (Wildman–Crippen MR) is 263 cm³/mol. The zero-order chi connectivity index (χ0) is 41.5. The van der Waals surface area contributed by atoms with E-state index in [9.17, 15) is 0 Å². The summed E-state index contributed by atoms with van der Waals surface area (Å²) in [6, 6.07) is 89.4. The van der Waals surface area contributed by atoms with Crippen LogP contribution in [-0.4, -0.2) is 4.57 Å². The lowest BCUT2D eigenvalue weighted by Gasteiger charge is -2.32. The molecule has 2 heteroatoms. The highest BCUT2D eigenvalue weighted by Crippen LogP contribution is 2.63. The number of anilines is 3. The van der Waals surface area contributed by atoms with E-state index in [4.69, 9.17) is 0 Å². The summed E-state index contributed by atoms with van der Waals surface area (Å²) >= 11 is 0. The SMILES string of the molecule is c1ccc(-c2ccc(-n3c4ccccc4c4ccc(-c5cccc(N(c6ccccc6)c6ccc7c(c6)C6(c8ccccc8-c8ccccc86)c6ccccc6-7)c5)cc43)cc2)cc1. The summed E-state index contributed by atoms with van der Waals surface area (Å²) < 4.78 is 2.42. The number of aromatic nitrogens is 1. The minimum atomic E-state index is -0.422. The fourth-order valence-corrected chi connectivity index (χ4v) is 10.9. The molecule has 63 heavy (non-hydrogen) atoms. The molecule has 294 valence electrons. The van der Waals surface area contributed by atoms with Gasteiger partial charge in [-0.1, -0.05) is 182 Å². The second kappa shape index (κ2) is 13.9. The van der Waals surface area contributed by atoms with Gasteiger partial charge in [-0.15, -0.1) is 0 Å². The maximum absolute atomic E-state index is 2.47. The lowest BCUT2D eigenvalue weighted by atomic mass is 9.70. The minimum absolute atomic E-state index is 0.422. The van der Waals surface area contributed by atoms with Crippen LogP contribution < -0.4 is 4.90 Å². The fraction of sp³-hybridized carbons (Fsp3) is 0.0164. The zero-order valence-corrected chi connectivity index (χ0v) is 34.5. The highest BCUT2D eigenvalue weighted by atomic mass is 15.1. The average molecular weight is 801 g/mol. The molecule has 0 aliphatic heterocycles. The van der Waals surface area contributed by atoms with Crippen LogP contribution in [0.3, 0.4) is 0 Å². The first kappa shape index (κ1) is 35.5. The van der Waals surface area contributed by atoms with Crippen molar-refractivity contribution < 1.29 is 0 Å². The number of hydrogen-bond donors (Lipinski definition) is 0. The van der Waals surface area contributed by atoms with Crippen LogP contribution in [0.15, 0.2) is 243 Å². The number of nitrogens with zero attached hydrogens (tertiary/aromatic N) is 2. The maximum Gasteiger partial charge on any atom is 0.0726 e. The van der Waals surface area contributed by atoms with Crippen LogP contribution in [0.1, 0.15) is 22.3 Å². The Morgan fingerprint density at radius 2 is 0.778 bits per heavy atom. The van der Waals surface area contributed by atoms with Gasteiger partial charge in [-0.25, -0.2) is 0 Å². The molecule has 0 fully saturated rings. The summed E-state index contributed by atoms with van der Waals surface area (Å²) in [5, 5.41) is 2.49. The van der Waals surface area contributed by atoms with Gasteiger partial charge in [0.1, 0.15) is 0 Å². The van der Waals surface area contributed by atoms with Gasteiger partial charge in [0.15, 0.2) is 0 Å². The van der Waals surface area contributed by atoms with Gasteiger partial charge in [0.05, 0.1) is 16.4 Å². The summed E-state index contributed by atoms with van der Waals surface area (Å²) in [6.07, 6.45) is 0. The molecular weight excluding hydrogens is 761 g/mol. The monoisotopic (exact) mass is 800 g/mol. The van der Waals surface area contributed by atoms with Crippen molar-refractivity contribution in [3.05, 3.63) is 265 Å². The van der Waals surface area contributed by atoms with E-state index in [1.807, 2.05) is 0 Å². The molecule has 0 radical (unpaired) electrons. The van der Waals surface area contributed by atoms with E-state index in [0.29, 0.717) is 0 Å². The molecule has 0 bridgehead atoms. The van der Waals surface area contributed by atoms with Crippen LogP contribution in [0, 0.1) is 0 Å². The highest BCUT2D eigenvalue weighted by Gasteiger charge is 2.51. The zero-order valence-electron chi connectivity index (χ0n) is 34.5. The minimum Gasteiger partial charge on any atom is -0.310 e. The van der Waals surface area contributed by atoms with Crippen molar-refractivity contribution in [3.63, 3.8) is 0 Å². The Hall–Kier alpha value is -8.20. The normalized spacial score (nSPS) is 12.9. The van der Waals surface area contributed by atoms with Gasteiger partial charge in [0.25, 0.3) is 0 Å². The molecule has 0 amide bonds. The van der Waals surface area contributed by atoms with E-state index in [1.165, 1.54) is 83.0 Å². The van der Waals surface area contributed by atoms with E-state index >= 15 is 0 Å². The first-order chi connectivity index (χ1) is 31.3. The largest absolute Gasteiger partial charge is 0.310 e. The lowest BCUT2D eigenvalue weighted by molar-refractivity contribution is 0.793. The van der Waals surface area contributed by atoms with Crippen LogP contribution in [0.4, 0.5) is 17.1 Å². The Morgan fingerprint density at radius 3 is 1.48 bits per heavy atom. The average Bonchev–Trinajstić information content (AvgIpc) is 3.96. The maximum atomic E-state index is 2.47. The number of benzene rings is 10. The second-order valence-corrected chi connectivity index (χ2v) is 16.8. The summed E-state index contributed by atoms with van der Waals surface area (Å²) in [5.41, 5.74) is 21.8. The summed E-state index contributed by atoms with van der Waals surface area (Å²) in [6.45, 7) is 0. The molecule has 10 aromatic carbocycles. The Morgan fingerprint density at radius 1 is 0.286 bits per heavy atom. The van der Waals surface area contributed by atoms with Crippen molar-refractivity contribution in [1.29, 1.82) is 0 Å². The first-order valence-corrected chi connectivity index (χ1v) is 21.8. The Balaban J connectivity index is 0.967. The molecular formula is C61H40N2. The molecule has 1 spiro atoms. The molecule has 0 atom stereocenters. The van der Waals surface area contributed by atoms with Gasteiger partial charge >= 0.3 is 0 Å². The van der Waals surface area contributed by atoms with Gasteiger partial charge in [-0.2, -0.15) is 0 Å². The molecule has 0 saturated heterocycles. The molecule has 2 aliphatic rings. The Bertz CT molecular complexity index is 3500. The lowest BCUT2D eigenvalue weighted by Crippen LogP contribution is -2.26. The smallest absolute Gasteiger partial charge is 0.0726 e. The van der Waals surface area contributed by atoms with Crippen molar-refractivity contribution >= 4 is 38.9 Å². The molecule has 0 unspecified atom stereocenters. The van der Waals surface area contributed by atoms with Gasteiger partial charge in [-0.05, 0) is 127 Å². The van der Waals surface area contributed by atoms with Gasteiger partial charge in [0, 0.05) is 33.5 Å². The summed E-state index contributed by atoms with van der Waals surface area (Å²) in [4.78, 5) is 2.43. The Labute approximate surface area is 367 Å². The Kier molecular flexibility index (Phi) is 7.85. The van der Waals surface area contributed by atoms with Crippen molar-refractivity contribution in [2.45, 2.75) is 5.41 Å². The number of rotatable bonds is 6. The van der Waals surface area contributed by atoms with E-state index < -0.39 is 5.41 Å². The molecule has 2 nitrogen and oxygen atoms in total. The third-order valence-corrected chi connectivity index (χ3v) is 13.6. The van der Waals surface area contributed by atoms with Crippen molar-refractivity contribution in [2.75, 3.05) is 4.90 Å². The quantitative estimate of drug-likeness (QED) is 0.163. The van der Waals surface area contributed by atoms with Gasteiger partial charge in [0.2, 0.25) is 0 Å². The molecule has 0 saturated carbocycles. The first-order valence-electron chi connectivity index (χ1n) is 21.8. The molecule has 1 heterocycles. The molecule has 13 rings (SSSR count). The van der Waals surface area contributed by atoms with Crippen molar-refractivity contribution in [3.8, 4) is 50.2 Å². The van der Waals surface area contributed by atoms with Crippen LogP contribution in [0.2, 0.25) is 0 Å². The third-order valence-electron chi connectivity index (χ3n) is 13.6. The summed E-state index contributed by atoms with van der Waals surface area (Å²) in [5.74, 6) is 0. The van der Waals surface area contributed by atoms with Crippen molar-refractivity contribution in [1.82, 2.24) is 4.57 Å². The van der Waals surface area contributed by atoms with Gasteiger partial charge in [-0.3, -0.25) is 0 Å². The fourth-order valence-electron chi connectivity index (χ4n) is 10.9. The molecule has 1 aromatic heterocycles. The van der Waals surface area contributed by atoms with Gasteiger partial charge < -0.3 is 9.47 Å².